The fraction of sp³-hybridized carbons (Fsp3) is 0.500. The van der Waals surface area contributed by atoms with Crippen molar-refractivity contribution in [2.24, 2.45) is 0 Å². The van der Waals surface area contributed by atoms with Gasteiger partial charge in [-0.15, -0.1) is 0 Å². The molecule has 0 aromatic carbocycles. The van der Waals surface area contributed by atoms with Crippen molar-refractivity contribution in [1.29, 1.82) is 0 Å². The molecule has 1 unspecified atom stereocenters. The summed E-state index contributed by atoms with van der Waals surface area (Å²) in [4.78, 5) is 15.7. The summed E-state index contributed by atoms with van der Waals surface area (Å²) in [5.41, 5.74) is 8.02. The number of anilines is 1. The molecule has 0 bridgehead atoms. The molecular formula is C10H14N6. The molecule has 2 aromatic rings. The van der Waals surface area contributed by atoms with E-state index in [1.165, 1.54) is 0 Å². The largest absolute Gasteiger partial charge is 0.368 e. The number of nitrogens with zero attached hydrogens (tertiary/aromatic N) is 3. The van der Waals surface area contributed by atoms with E-state index in [0.29, 0.717) is 5.65 Å². The highest BCUT2D eigenvalue weighted by atomic mass is 15.1. The zero-order valence-corrected chi connectivity index (χ0v) is 9.12. The first-order valence-corrected chi connectivity index (χ1v) is 5.41. The monoisotopic (exact) mass is 218 g/mol. The lowest BCUT2D eigenvalue weighted by Gasteiger charge is -2.23. The summed E-state index contributed by atoms with van der Waals surface area (Å²) in [5.74, 6) is 0.282. The first-order chi connectivity index (χ1) is 7.69. The Bertz CT molecular complexity index is 525. The van der Waals surface area contributed by atoms with Gasteiger partial charge in [-0.05, 0) is 26.3 Å². The third kappa shape index (κ3) is 1.26. The van der Waals surface area contributed by atoms with Crippen LogP contribution in [0.5, 0.6) is 0 Å². The van der Waals surface area contributed by atoms with Crippen molar-refractivity contribution in [3.63, 3.8) is 0 Å². The number of nitrogen functional groups attached to an aromatic ring is 1. The Balaban J connectivity index is 2.25. The van der Waals surface area contributed by atoms with E-state index in [4.69, 9.17) is 5.73 Å². The predicted molar refractivity (Wildman–Crippen MR) is 60.7 cm³/mol. The van der Waals surface area contributed by atoms with E-state index < -0.39 is 0 Å². The van der Waals surface area contributed by atoms with E-state index in [2.05, 4.69) is 32.2 Å². The molecule has 84 valence electrons. The van der Waals surface area contributed by atoms with Gasteiger partial charge < -0.3 is 16.0 Å². The molecule has 1 saturated heterocycles. The van der Waals surface area contributed by atoms with Gasteiger partial charge in [-0.1, -0.05) is 0 Å². The van der Waals surface area contributed by atoms with Gasteiger partial charge in [-0.3, -0.25) is 0 Å². The molecule has 0 amide bonds. The van der Waals surface area contributed by atoms with E-state index in [0.717, 1.165) is 30.6 Å². The van der Waals surface area contributed by atoms with Crippen LogP contribution in [0.25, 0.3) is 11.2 Å². The van der Waals surface area contributed by atoms with Crippen LogP contribution >= 0.6 is 0 Å². The minimum absolute atomic E-state index is 0.123. The summed E-state index contributed by atoms with van der Waals surface area (Å²) in [7, 11) is 0. The molecule has 1 fully saturated rings. The van der Waals surface area contributed by atoms with Crippen molar-refractivity contribution < 1.29 is 0 Å². The number of aromatic amines is 1. The molecule has 1 aliphatic heterocycles. The molecule has 1 aliphatic rings. The summed E-state index contributed by atoms with van der Waals surface area (Å²) in [6.07, 6.45) is 3.83. The Kier molecular flexibility index (Phi) is 1.88. The maximum absolute atomic E-state index is 5.71. The fourth-order valence-electron chi connectivity index (χ4n) is 2.35. The van der Waals surface area contributed by atoms with Gasteiger partial charge in [0.2, 0.25) is 5.95 Å². The molecule has 3 heterocycles. The number of rotatable bonds is 1. The SMILES string of the molecule is CC1(c2nc(N)nc3nc[nH]c23)CCCN1. The summed E-state index contributed by atoms with van der Waals surface area (Å²) >= 11 is 0. The summed E-state index contributed by atoms with van der Waals surface area (Å²) < 4.78 is 0. The first kappa shape index (κ1) is 9.53. The predicted octanol–water partition coefficient (Wildman–Crippen LogP) is 0.534. The molecule has 6 heteroatoms. The molecule has 0 radical (unpaired) electrons. The lowest BCUT2D eigenvalue weighted by molar-refractivity contribution is 0.425. The number of imidazole rings is 1. The average molecular weight is 218 g/mol. The second-order valence-electron chi connectivity index (χ2n) is 4.39. The number of hydrogen-bond donors (Lipinski definition) is 3. The molecule has 6 nitrogen and oxygen atoms in total. The molecule has 4 N–H and O–H groups in total. The van der Waals surface area contributed by atoms with Crippen molar-refractivity contribution in [3.8, 4) is 0 Å². The Labute approximate surface area is 92.7 Å². The molecule has 16 heavy (non-hydrogen) atoms. The third-order valence-corrected chi connectivity index (χ3v) is 3.19. The van der Waals surface area contributed by atoms with Gasteiger partial charge in [0.1, 0.15) is 5.52 Å². The van der Waals surface area contributed by atoms with E-state index in [9.17, 15) is 0 Å². The van der Waals surface area contributed by atoms with Crippen molar-refractivity contribution in [2.45, 2.75) is 25.3 Å². The van der Waals surface area contributed by atoms with Gasteiger partial charge >= 0.3 is 0 Å². The van der Waals surface area contributed by atoms with Crippen LogP contribution in [-0.2, 0) is 5.54 Å². The van der Waals surface area contributed by atoms with Crippen LogP contribution in [0.15, 0.2) is 6.33 Å². The number of fused-ring (bicyclic) bond motifs is 1. The molecular weight excluding hydrogens is 204 g/mol. The van der Waals surface area contributed by atoms with E-state index in [1.54, 1.807) is 6.33 Å². The zero-order chi connectivity index (χ0) is 11.2. The van der Waals surface area contributed by atoms with Gasteiger partial charge in [0.15, 0.2) is 5.65 Å². The molecule has 2 aromatic heterocycles. The first-order valence-electron chi connectivity index (χ1n) is 5.41. The second-order valence-corrected chi connectivity index (χ2v) is 4.39. The van der Waals surface area contributed by atoms with Crippen molar-refractivity contribution in [2.75, 3.05) is 12.3 Å². The number of hydrogen-bond acceptors (Lipinski definition) is 5. The normalized spacial score (nSPS) is 25.3. The highest BCUT2D eigenvalue weighted by molar-refractivity contribution is 5.75. The van der Waals surface area contributed by atoms with Crippen LogP contribution in [0, 0.1) is 0 Å². The van der Waals surface area contributed by atoms with Gasteiger partial charge in [0.25, 0.3) is 0 Å². The highest BCUT2D eigenvalue weighted by Gasteiger charge is 2.34. The highest BCUT2D eigenvalue weighted by Crippen LogP contribution is 2.32. The second kappa shape index (κ2) is 3.15. The molecule has 0 saturated carbocycles. The van der Waals surface area contributed by atoms with Crippen LogP contribution < -0.4 is 11.1 Å². The number of H-pyrrole nitrogens is 1. The topological polar surface area (TPSA) is 92.5 Å². The molecule has 3 rings (SSSR count). The molecule has 1 atom stereocenters. The number of nitrogens with one attached hydrogen (secondary N) is 2. The maximum atomic E-state index is 5.71. The zero-order valence-electron chi connectivity index (χ0n) is 9.12. The van der Waals surface area contributed by atoms with Crippen LogP contribution in [0.3, 0.4) is 0 Å². The van der Waals surface area contributed by atoms with Gasteiger partial charge in [0, 0.05) is 0 Å². The Morgan fingerprint density at radius 2 is 2.31 bits per heavy atom. The molecule has 0 aliphatic carbocycles. The fourth-order valence-corrected chi connectivity index (χ4v) is 2.35. The van der Waals surface area contributed by atoms with Crippen molar-refractivity contribution >= 4 is 17.1 Å². The van der Waals surface area contributed by atoms with Crippen LogP contribution in [-0.4, -0.2) is 26.5 Å². The lowest BCUT2D eigenvalue weighted by atomic mass is 9.95. The van der Waals surface area contributed by atoms with Crippen LogP contribution in [0.1, 0.15) is 25.5 Å². The quantitative estimate of drug-likeness (QED) is 0.649. The summed E-state index contributed by atoms with van der Waals surface area (Å²) in [6, 6.07) is 0. The lowest BCUT2D eigenvalue weighted by Crippen LogP contribution is -2.34. The van der Waals surface area contributed by atoms with Crippen LogP contribution in [0.2, 0.25) is 0 Å². The molecule has 0 spiro atoms. The minimum atomic E-state index is -0.123. The Morgan fingerprint density at radius 3 is 3.06 bits per heavy atom. The Hall–Kier alpha value is -1.69. The smallest absolute Gasteiger partial charge is 0.222 e. The number of nitrogens with two attached hydrogens (primary N) is 1. The standard InChI is InChI=1S/C10H14N6/c1-10(3-2-4-14-10)7-6-8(13-5-12-6)16-9(11)15-7/h5,14H,2-4H2,1H3,(H3,11,12,13,15,16). The van der Waals surface area contributed by atoms with Crippen molar-refractivity contribution in [1.82, 2.24) is 25.3 Å². The Morgan fingerprint density at radius 1 is 1.44 bits per heavy atom. The summed E-state index contributed by atoms with van der Waals surface area (Å²) in [6.45, 7) is 3.15. The van der Waals surface area contributed by atoms with Crippen LogP contribution in [0.4, 0.5) is 5.95 Å². The van der Waals surface area contributed by atoms with E-state index >= 15 is 0 Å². The van der Waals surface area contributed by atoms with Gasteiger partial charge in [0.05, 0.1) is 17.6 Å². The van der Waals surface area contributed by atoms with E-state index in [1.807, 2.05) is 0 Å². The summed E-state index contributed by atoms with van der Waals surface area (Å²) in [5, 5.41) is 3.46. The van der Waals surface area contributed by atoms with E-state index in [-0.39, 0.29) is 11.5 Å². The van der Waals surface area contributed by atoms with Gasteiger partial charge in [-0.25, -0.2) is 9.97 Å². The van der Waals surface area contributed by atoms with Crippen molar-refractivity contribution in [3.05, 3.63) is 12.0 Å². The maximum Gasteiger partial charge on any atom is 0.222 e. The average Bonchev–Trinajstić information content (AvgIpc) is 2.85. The minimum Gasteiger partial charge on any atom is -0.368 e. The number of aromatic nitrogens is 4. The van der Waals surface area contributed by atoms with Gasteiger partial charge in [-0.2, -0.15) is 4.98 Å². The third-order valence-electron chi connectivity index (χ3n) is 3.19.